The first-order valence-corrected chi connectivity index (χ1v) is 10.9. The van der Waals surface area contributed by atoms with Gasteiger partial charge in [0.25, 0.3) is 0 Å². The lowest BCUT2D eigenvalue weighted by Gasteiger charge is -2.56. The average molecular weight is 351 g/mol. The van der Waals surface area contributed by atoms with Gasteiger partial charge in [0.15, 0.2) is 0 Å². The van der Waals surface area contributed by atoms with E-state index in [9.17, 15) is 0 Å². The zero-order chi connectivity index (χ0) is 17.2. The Hall–Kier alpha value is -1.07. The topological polar surface area (TPSA) is 4.93 Å². The van der Waals surface area contributed by atoms with E-state index in [1.165, 1.54) is 58.1 Å². The lowest BCUT2D eigenvalue weighted by Crippen LogP contribution is -2.48. The number of hydrogen-bond acceptors (Lipinski definition) is 0. The van der Waals surface area contributed by atoms with Crippen molar-refractivity contribution in [3.05, 3.63) is 41.7 Å². The number of hydrogen-bond donors (Lipinski definition) is 0. The molecule has 6 rings (SSSR count). The first-order valence-electron chi connectivity index (χ1n) is 10.1. The second-order valence-corrected chi connectivity index (χ2v) is 11.1. The van der Waals surface area contributed by atoms with E-state index in [0.29, 0.717) is 5.41 Å². The molecule has 0 saturated heterocycles. The number of nitrogens with zero attached hydrogens (tertiary/aromatic N) is 1. The maximum atomic E-state index is 2.64. The fraction of sp³-hybridized carbons (Fsp3) is 0.609. The summed E-state index contributed by atoms with van der Waals surface area (Å²) in [5.41, 5.74) is 3.51. The first kappa shape index (κ1) is 16.1. The van der Waals surface area contributed by atoms with Crippen molar-refractivity contribution in [2.45, 2.75) is 70.3 Å². The van der Waals surface area contributed by atoms with E-state index in [1.807, 2.05) is 0 Å². The van der Waals surface area contributed by atoms with Gasteiger partial charge < -0.3 is 4.33 Å². The van der Waals surface area contributed by atoms with E-state index >= 15 is 0 Å². The molecule has 4 aliphatic carbocycles. The smallest absolute Gasteiger partial charge is 0.0529 e. The summed E-state index contributed by atoms with van der Waals surface area (Å²) in [6.45, 7) is 7.08. The first-order chi connectivity index (χ1) is 11.9. The van der Waals surface area contributed by atoms with Gasteiger partial charge >= 0.3 is 0 Å². The monoisotopic (exact) mass is 351 g/mol. The second-order valence-electron chi connectivity index (χ2n) is 10.1. The summed E-state index contributed by atoms with van der Waals surface area (Å²) in [5.74, 6) is 3.06. The third-order valence-electron chi connectivity index (χ3n) is 7.00. The van der Waals surface area contributed by atoms with Crippen LogP contribution in [0.1, 0.15) is 64.6 Å². The fourth-order valence-electron chi connectivity index (χ4n) is 6.39. The molecule has 0 amide bonds. The molecular weight excluding hydrogens is 321 g/mol. The Morgan fingerprint density at radius 2 is 1.48 bits per heavy atom. The SMILES string of the molecule is CC(C)(C)n1pc(C23CC4CC(CC(C4)C2)C3)cc1-c1ccccc1. The Bertz CT molecular complexity index is 745. The van der Waals surface area contributed by atoms with Crippen LogP contribution in [0.15, 0.2) is 36.4 Å². The van der Waals surface area contributed by atoms with Gasteiger partial charge in [-0.05, 0) is 88.7 Å². The van der Waals surface area contributed by atoms with E-state index in [4.69, 9.17) is 0 Å². The number of benzene rings is 1. The molecule has 4 fully saturated rings. The molecule has 1 aromatic heterocycles. The van der Waals surface area contributed by atoms with Gasteiger partial charge in [0.2, 0.25) is 0 Å². The molecule has 0 unspecified atom stereocenters. The molecule has 4 aliphatic rings. The predicted octanol–water partition coefficient (Wildman–Crippen LogP) is 6.96. The summed E-state index contributed by atoms with van der Waals surface area (Å²) >= 11 is 0. The molecular formula is C23H30NP. The van der Waals surface area contributed by atoms with Crippen LogP contribution in [0.2, 0.25) is 0 Å². The summed E-state index contributed by atoms with van der Waals surface area (Å²) in [6.07, 6.45) is 9.00. The van der Waals surface area contributed by atoms with Gasteiger partial charge in [-0.2, -0.15) is 0 Å². The summed E-state index contributed by atoms with van der Waals surface area (Å²) in [6, 6.07) is 13.6. The molecule has 0 N–H and O–H groups in total. The van der Waals surface area contributed by atoms with Crippen molar-refractivity contribution in [1.29, 1.82) is 0 Å². The van der Waals surface area contributed by atoms with Gasteiger partial charge in [0.05, 0.1) is 5.69 Å². The molecule has 4 bridgehead atoms. The van der Waals surface area contributed by atoms with E-state index in [0.717, 1.165) is 17.8 Å². The Morgan fingerprint density at radius 1 is 0.920 bits per heavy atom. The molecule has 0 spiro atoms. The maximum Gasteiger partial charge on any atom is 0.0529 e. The van der Waals surface area contributed by atoms with Crippen molar-refractivity contribution in [3.63, 3.8) is 0 Å². The largest absolute Gasteiger partial charge is 0.318 e. The van der Waals surface area contributed by atoms with Gasteiger partial charge in [0.1, 0.15) is 0 Å². The lowest BCUT2D eigenvalue weighted by molar-refractivity contribution is -0.00342. The van der Waals surface area contributed by atoms with Crippen LogP contribution in [0.3, 0.4) is 0 Å². The van der Waals surface area contributed by atoms with E-state index < -0.39 is 0 Å². The van der Waals surface area contributed by atoms with Gasteiger partial charge in [0, 0.05) is 24.6 Å². The minimum atomic E-state index is 0.160. The predicted molar refractivity (Wildman–Crippen MR) is 107 cm³/mol. The van der Waals surface area contributed by atoms with Crippen LogP contribution in [0.4, 0.5) is 0 Å². The molecule has 4 saturated carbocycles. The average Bonchev–Trinajstić information content (AvgIpc) is 3.01. The number of aromatic nitrogens is 1. The standard InChI is InChI=1S/C23H30NP/c1-22(2,3)24-20(19-7-5-4-6-8-19)12-21(25-24)23-13-16-9-17(14-23)11-18(10-16)15-23/h4-8,12,16-18H,9-11,13-15H2,1-3H3. The van der Waals surface area contributed by atoms with Crippen molar-refractivity contribution in [3.8, 4) is 11.3 Å². The maximum absolute atomic E-state index is 2.64. The van der Waals surface area contributed by atoms with Crippen LogP contribution in [0.5, 0.6) is 0 Å². The van der Waals surface area contributed by atoms with Crippen LogP contribution < -0.4 is 0 Å². The highest BCUT2D eigenvalue weighted by Gasteiger charge is 2.52. The van der Waals surface area contributed by atoms with Crippen LogP contribution in [-0.2, 0) is 11.0 Å². The zero-order valence-electron chi connectivity index (χ0n) is 15.8. The molecule has 2 heteroatoms. The molecule has 1 aromatic carbocycles. The lowest BCUT2D eigenvalue weighted by atomic mass is 9.49. The third kappa shape index (κ3) is 2.62. The Labute approximate surface area is 154 Å². The van der Waals surface area contributed by atoms with Crippen LogP contribution in [0, 0.1) is 17.8 Å². The van der Waals surface area contributed by atoms with E-state index in [-0.39, 0.29) is 5.54 Å². The van der Waals surface area contributed by atoms with Crippen molar-refractivity contribution < 1.29 is 0 Å². The van der Waals surface area contributed by atoms with Crippen molar-refractivity contribution in [2.75, 3.05) is 0 Å². The van der Waals surface area contributed by atoms with Crippen LogP contribution in [-0.4, -0.2) is 4.33 Å². The molecule has 1 nitrogen and oxygen atoms in total. The molecule has 1 heterocycles. The van der Waals surface area contributed by atoms with Crippen molar-refractivity contribution >= 4 is 8.35 Å². The summed E-state index contributed by atoms with van der Waals surface area (Å²) in [7, 11) is 1.46. The molecule has 132 valence electrons. The zero-order valence-corrected chi connectivity index (χ0v) is 16.7. The Balaban J connectivity index is 1.62. The number of rotatable bonds is 2. The fourth-order valence-corrected chi connectivity index (χ4v) is 7.85. The molecule has 0 atom stereocenters. The molecule has 0 aliphatic heterocycles. The van der Waals surface area contributed by atoms with Gasteiger partial charge in [-0.1, -0.05) is 30.3 Å². The van der Waals surface area contributed by atoms with Gasteiger partial charge in [-0.25, -0.2) is 0 Å². The summed E-state index contributed by atoms with van der Waals surface area (Å²) in [4.78, 5) is 0. The summed E-state index contributed by atoms with van der Waals surface area (Å²) in [5, 5.41) is 1.74. The van der Waals surface area contributed by atoms with Crippen LogP contribution in [0.25, 0.3) is 11.3 Å². The van der Waals surface area contributed by atoms with Crippen molar-refractivity contribution in [2.24, 2.45) is 17.8 Å². The summed E-state index contributed by atoms with van der Waals surface area (Å²) < 4.78 is 2.64. The minimum absolute atomic E-state index is 0.160. The Kier molecular flexibility index (Phi) is 3.52. The highest BCUT2D eigenvalue weighted by Crippen LogP contribution is 2.62. The van der Waals surface area contributed by atoms with E-state index in [1.54, 1.807) is 5.30 Å². The van der Waals surface area contributed by atoms with Crippen LogP contribution >= 0.6 is 8.35 Å². The second kappa shape index (κ2) is 5.46. The van der Waals surface area contributed by atoms with E-state index in [2.05, 4.69) is 61.5 Å². The third-order valence-corrected chi connectivity index (χ3v) is 8.83. The van der Waals surface area contributed by atoms with Gasteiger partial charge in [-0.3, -0.25) is 0 Å². The molecule has 2 aromatic rings. The highest BCUT2D eigenvalue weighted by atomic mass is 31.0. The molecule has 0 radical (unpaired) electrons. The minimum Gasteiger partial charge on any atom is -0.318 e. The van der Waals surface area contributed by atoms with Gasteiger partial charge in [-0.15, -0.1) is 0 Å². The highest BCUT2D eigenvalue weighted by molar-refractivity contribution is 7.27. The normalized spacial score (nSPS) is 34.1. The Morgan fingerprint density at radius 3 is 2.00 bits per heavy atom. The quantitative estimate of drug-likeness (QED) is 0.551. The van der Waals surface area contributed by atoms with Crippen molar-refractivity contribution in [1.82, 2.24) is 4.33 Å². The molecule has 25 heavy (non-hydrogen) atoms.